The lowest BCUT2D eigenvalue weighted by molar-refractivity contribution is -0.0968. The van der Waals surface area contributed by atoms with Gasteiger partial charge in [-0.1, -0.05) is 26.0 Å². The van der Waals surface area contributed by atoms with Crippen LogP contribution in [-0.4, -0.2) is 21.4 Å². The third-order valence-corrected chi connectivity index (χ3v) is 2.68. The summed E-state index contributed by atoms with van der Waals surface area (Å²) in [6.07, 6.45) is 7.92. The minimum Gasteiger partial charge on any atom is -0.382 e. The van der Waals surface area contributed by atoms with Gasteiger partial charge in [-0.05, 0) is 25.0 Å². The number of allylic oxidation sites excluding steroid dienone is 2. The van der Waals surface area contributed by atoms with Gasteiger partial charge < -0.3 is 10.2 Å². The van der Waals surface area contributed by atoms with Gasteiger partial charge in [-0.2, -0.15) is 0 Å². The van der Waals surface area contributed by atoms with Gasteiger partial charge in [-0.3, -0.25) is 0 Å². The van der Waals surface area contributed by atoms with Crippen molar-refractivity contribution >= 4 is 0 Å². The van der Waals surface area contributed by atoms with Gasteiger partial charge in [0, 0.05) is 0 Å². The summed E-state index contributed by atoms with van der Waals surface area (Å²) in [4.78, 5) is 0. The summed E-state index contributed by atoms with van der Waals surface area (Å²) in [5, 5.41) is 20.0. The molecule has 0 heterocycles. The molecule has 0 aromatic heterocycles. The van der Waals surface area contributed by atoms with Gasteiger partial charge in [0.25, 0.3) is 0 Å². The van der Waals surface area contributed by atoms with Gasteiger partial charge >= 0.3 is 0 Å². The Bertz CT molecular complexity index is 196. The van der Waals surface area contributed by atoms with Gasteiger partial charge in [0.05, 0.1) is 0 Å². The Morgan fingerprint density at radius 1 is 0.917 bits per heavy atom. The van der Waals surface area contributed by atoms with Crippen LogP contribution in [0.1, 0.15) is 26.7 Å². The number of hydrogen-bond acceptors (Lipinski definition) is 2. The molecule has 0 aromatic carbocycles. The maximum absolute atomic E-state index is 10.0. The van der Waals surface area contributed by atoms with E-state index in [1.54, 1.807) is 24.3 Å². The third kappa shape index (κ3) is 1.21. The second-order valence-corrected chi connectivity index (χ2v) is 3.27. The molecular formula is C10H16O2. The maximum Gasteiger partial charge on any atom is 0.115 e. The summed E-state index contributed by atoms with van der Waals surface area (Å²) in [6.45, 7) is 3.73. The van der Waals surface area contributed by atoms with Crippen molar-refractivity contribution in [2.45, 2.75) is 37.9 Å². The van der Waals surface area contributed by atoms with Crippen molar-refractivity contribution in [3.63, 3.8) is 0 Å². The highest BCUT2D eigenvalue weighted by molar-refractivity contribution is 5.28. The summed E-state index contributed by atoms with van der Waals surface area (Å²) in [6, 6.07) is 0. The van der Waals surface area contributed by atoms with Crippen molar-refractivity contribution < 1.29 is 10.2 Å². The summed E-state index contributed by atoms with van der Waals surface area (Å²) in [5.74, 6) is 0. The van der Waals surface area contributed by atoms with Crippen molar-refractivity contribution in [3.05, 3.63) is 24.3 Å². The number of aliphatic hydroxyl groups is 2. The van der Waals surface area contributed by atoms with Crippen LogP contribution >= 0.6 is 0 Å². The molecule has 2 nitrogen and oxygen atoms in total. The van der Waals surface area contributed by atoms with Crippen molar-refractivity contribution in [2.75, 3.05) is 0 Å². The third-order valence-electron chi connectivity index (χ3n) is 2.68. The van der Waals surface area contributed by atoms with Crippen LogP contribution in [0.3, 0.4) is 0 Å². The van der Waals surface area contributed by atoms with Crippen molar-refractivity contribution in [3.8, 4) is 0 Å². The molecule has 0 radical (unpaired) electrons. The highest BCUT2D eigenvalue weighted by atomic mass is 16.4. The van der Waals surface area contributed by atoms with Crippen LogP contribution in [0.4, 0.5) is 0 Å². The first-order valence-electron chi connectivity index (χ1n) is 4.40. The Morgan fingerprint density at radius 2 is 1.25 bits per heavy atom. The first-order chi connectivity index (χ1) is 5.58. The Labute approximate surface area is 73.2 Å². The summed E-state index contributed by atoms with van der Waals surface area (Å²) in [5.41, 5.74) is -2.17. The Morgan fingerprint density at radius 3 is 1.50 bits per heavy atom. The van der Waals surface area contributed by atoms with E-state index in [1.165, 1.54) is 0 Å². The highest BCUT2D eigenvalue weighted by Crippen LogP contribution is 2.33. The van der Waals surface area contributed by atoms with E-state index in [0.717, 1.165) is 0 Å². The minimum atomic E-state index is -1.09. The largest absolute Gasteiger partial charge is 0.382 e. The topological polar surface area (TPSA) is 40.5 Å². The molecule has 0 saturated carbocycles. The fraction of sp³-hybridized carbons (Fsp3) is 0.600. The highest BCUT2D eigenvalue weighted by Gasteiger charge is 2.43. The molecule has 68 valence electrons. The lowest BCUT2D eigenvalue weighted by atomic mass is 9.76. The molecule has 1 aliphatic carbocycles. The quantitative estimate of drug-likeness (QED) is 0.654. The van der Waals surface area contributed by atoms with Gasteiger partial charge in [0.1, 0.15) is 11.2 Å². The van der Waals surface area contributed by atoms with E-state index in [-0.39, 0.29) is 0 Å². The van der Waals surface area contributed by atoms with Crippen LogP contribution in [-0.2, 0) is 0 Å². The SMILES string of the molecule is CCC1(O)C=CC=CC1(O)CC. The van der Waals surface area contributed by atoms with Crippen LogP contribution in [0.25, 0.3) is 0 Å². The number of hydrogen-bond donors (Lipinski definition) is 2. The average Bonchev–Trinajstić information content (AvgIpc) is 2.10. The zero-order chi connectivity index (χ0) is 9.24. The summed E-state index contributed by atoms with van der Waals surface area (Å²) >= 11 is 0. The Kier molecular flexibility index (Phi) is 2.40. The zero-order valence-corrected chi connectivity index (χ0v) is 7.62. The van der Waals surface area contributed by atoms with Gasteiger partial charge in [0.15, 0.2) is 0 Å². The molecule has 1 rings (SSSR count). The first kappa shape index (κ1) is 9.49. The van der Waals surface area contributed by atoms with E-state index < -0.39 is 11.2 Å². The van der Waals surface area contributed by atoms with E-state index in [2.05, 4.69) is 0 Å². The second kappa shape index (κ2) is 3.04. The van der Waals surface area contributed by atoms with Crippen LogP contribution in [0.15, 0.2) is 24.3 Å². The van der Waals surface area contributed by atoms with Crippen LogP contribution < -0.4 is 0 Å². The fourth-order valence-corrected chi connectivity index (χ4v) is 1.57. The van der Waals surface area contributed by atoms with E-state index in [4.69, 9.17) is 0 Å². The van der Waals surface area contributed by atoms with E-state index in [1.807, 2.05) is 13.8 Å². The molecule has 0 aromatic rings. The Balaban J connectivity index is 2.99. The van der Waals surface area contributed by atoms with Crippen LogP contribution in [0, 0.1) is 0 Å². The van der Waals surface area contributed by atoms with Crippen LogP contribution in [0.2, 0.25) is 0 Å². The maximum atomic E-state index is 10.0. The van der Waals surface area contributed by atoms with Gasteiger partial charge in [-0.25, -0.2) is 0 Å². The van der Waals surface area contributed by atoms with Crippen LogP contribution in [0.5, 0.6) is 0 Å². The monoisotopic (exact) mass is 168 g/mol. The summed E-state index contributed by atoms with van der Waals surface area (Å²) < 4.78 is 0. The smallest absolute Gasteiger partial charge is 0.115 e. The molecule has 12 heavy (non-hydrogen) atoms. The molecule has 2 N–H and O–H groups in total. The lowest BCUT2D eigenvalue weighted by Crippen LogP contribution is -2.51. The molecular weight excluding hydrogens is 152 g/mol. The number of rotatable bonds is 2. The molecule has 2 heteroatoms. The van der Waals surface area contributed by atoms with E-state index in [0.29, 0.717) is 12.8 Å². The van der Waals surface area contributed by atoms with Gasteiger partial charge in [0.2, 0.25) is 0 Å². The molecule has 0 saturated heterocycles. The van der Waals surface area contributed by atoms with E-state index in [9.17, 15) is 10.2 Å². The molecule has 1 aliphatic rings. The Hall–Kier alpha value is -0.600. The van der Waals surface area contributed by atoms with Crippen molar-refractivity contribution in [1.29, 1.82) is 0 Å². The molecule has 0 fully saturated rings. The first-order valence-corrected chi connectivity index (χ1v) is 4.40. The van der Waals surface area contributed by atoms with Gasteiger partial charge in [-0.15, -0.1) is 0 Å². The molecule has 0 aliphatic heterocycles. The van der Waals surface area contributed by atoms with Crippen molar-refractivity contribution in [1.82, 2.24) is 0 Å². The molecule has 2 atom stereocenters. The second-order valence-electron chi connectivity index (χ2n) is 3.27. The predicted octanol–water partition coefficient (Wildman–Crippen LogP) is 1.39. The minimum absolute atomic E-state index is 0.526. The lowest BCUT2D eigenvalue weighted by Gasteiger charge is -2.40. The predicted molar refractivity (Wildman–Crippen MR) is 48.8 cm³/mol. The zero-order valence-electron chi connectivity index (χ0n) is 7.62. The average molecular weight is 168 g/mol. The molecule has 0 amide bonds. The summed E-state index contributed by atoms with van der Waals surface area (Å²) in [7, 11) is 0. The standard InChI is InChI=1S/C10H16O2/c1-3-9(11)7-5-6-8-10(9,12)4-2/h5-8,11-12H,3-4H2,1-2H3. The van der Waals surface area contributed by atoms with E-state index >= 15 is 0 Å². The molecule has 0 spiro atoms. The normalized spacial score (nSPS) is 40.3. The van der Waals surface area contributed by atoms with Crippen molar-refractivity contribution in [2.24, 2.45) is 0 Å². The fourth-order valence-electron chi connectivity index (χ4n) is 1.57. The molecule has 0 bridgehead atoms. The molecule has 2 unspecified atom stereocenters.